The smallest absolute Gasteiger partial charge is 0.159 e. The fourth-order valence-electron chi connectivity index (χ4n) is 2.97. The first-order chi connectivity index (χ1) is 13.4. The van der Waals surface area contributed by atoms with Crippen LogP contribution in [0.5, 0.6) is 5.75 Å². The van der Waals surface area contributed by atoms with Crippen molar-refractivity contribution in [3.63, 3.8) is 0 Å². The molecule has 0 amide bonds. The van der Waals surface area contributed by atoms with E-state index in [-0.39, 0.29) is 0 Å². The third-order valence-electron chi connectivity index (χ3n) is 4.57. The minimum atomic E-state index is 0.717. The summed E-state index contributed by atoms with van der Waals surface area (Å²) in [6.45, 7) is 3.03. The lowest BCUT2D eigenvalue weighted by Crippen LogP contribution is -1.97. The third-order valence-corrected chi connectivity index (χ3v) is 4.57. The fraction of sp³-hybridized carbons (Fsp3) is 0.333. The molecule has 2 aromatic carbocycles. The van der Waals surface area contributed by atoms with E-state index in [0.29, 0.717) is 0 Å². The van der Waals surface area contributed by atoms with Crippen molar-refractivity contribution in [1.29, 1.82) is 0 Å². The Morgan fingerprint density at radius 1 is 0.815 bits per heavy atom. The molecule has 0 N–H and O–H groups in total. The van der Waals surface area contributed by atoms with Crippen LogP contribution in [-0.2, 0) is 0 Å². The van der Waals surface area contributed by atoms with Crippen LogP contribution in [0.3, 0.4) is 0 Å². The molecule has 3 heteroatoms. The van der Waals surface area contributed by atoms with Crippen LogP contribution in [0, 0.1) is 6.07 Å². The van der Waals surface area contributed by atoms with Crippen LogP contribution in [0.4, 0.5) is 0 Å². The van der Waals surface area contributed by atoms with Gasteiger partial charge >= 0.3 is 0 Å². The summed E-state index contributed by atoms with van der Waals surface area (Å²) < 4.78 is 5.85. The summed E-state index contributed by atoms with van der Waals surface area (Å²) in [5.74, 6) is 1.64. The van der Waals surface area contributed by atoms with Gasteiger partial charge in [0.1, 0.15) is 5.75 Å². The second-order valence-electron chi connectivity index (χ2n) is 6.73. The highest BCUT2D eigenvalue weighted by Crippen LogP contribution is 2.23. The summed E-state index contributed by atoms with van der Waals surface area (Å²) >= 11 is 0. The van der Waals surface area contributed by atoms with E-state index in [0.717, 1.165) is 41.3 Å². The maximum atomic E-state index is 5.85. The molecule has 0 spiro atoms. The average Bonchev–Trinajstić information content (AvgIpc) is 2.74. The van der Waals surface area contributed by atoms with Gasteiger partial charge in [-0.1, -0.05) is 69.4 Å². The van der Waals surface area contributed by atoms with Crippen molar-refractivity contribution in [2.45, 2.75) is 45.4 Å². The Hall–Kier alpha value is -2.68. The zero-order valence-electron chi connectivity index (χ0n) is 16.0. The number of benzene rings is 2. The highest BCUT2D eigenvalue weighted by atomic mass is 16.5. The van der Waals surface area contributed by atoms with Crippen molar-refractivity contribution < 1.29 is 4.74 Å². The van der Waals surface area contributed by atoms with Gasteiger partial charge in [0.2, 0.25) is 0 Å². The standard InChI is InChI=1S/C24H27N2O/c1-2-3-4-5-6-10-17-27-23-15-13-20(14-16-23)22-18-25-24(26-19-22)21-11-8-7-9-12-21/h7-8,11-16,18-19H,2-6,10,17H2,1H3. The molecule has 1 aromatic heterocycles. The molecule has 0 aliphatic heterocycles. The number of unbranched alkanes of at least 4 members (excludes halogenated alkanes) is 5. The minimum absolute atomic E-state index is 0.717. The Morgan fingerprint density at radius 3 is 2.26 bits per heavy atom. The van der Waals surface area contributed by atoms with Crippen LogP contribution in [0.1, 0.15) is 45.4 Å². The predicted octanol–water partition coefficient (Wildman–Crippen LogP) is 6.35. The molecule has 0 aliphatic carbocycles. The zero-order valence-corrected chi connectivity index (χ0v) is 16.0. The SMILES string of the molecule is CCCCCCCCOc1ccc(-c2cnc(-c3c[c]ccc3)nc2)cc1. The minimum Gasteiger partial charge on any atom is -0.494 e. The maximum absolute atomic E-state index is 5.85. The van der Waals surface area contributed by atoms with Crippen LogP contribution in [0.2, 0.25) is 0 Å². The molecule has 1 radical (unpaired) electrons. The summed E-state index contributed by atoms with van der Waals surface area (Å²) in [4.78, 5) is 8.95. The molecule has 3 rings (SSSR count). The van der Waals surface area contributed by atoms with Gasteiger partial charge in [-0.25, -0.2) is 9.97 Å². The molecular formula is C24H27N2O. The predicted molar refractivity (Wildman–Crippen MR) is 111 cm³/mol. The van der Waals surface area contributed by atoms with Gasteiger partial charge in [-0.05, 0) is 36.2 Å². The van der Waals surface area contributed by atoms with Crippen molar-refractivity contribution >= 4 is 0 Å². The Kier molecular flexibility index (Phi) is 7.40. The van der Waals surface area contributed by atoms with E-state index in [4.69, 9.17) is 4.74 Å². The Morgan fingerprint density at radius 2 is 1.56 bits per heavy atom. The van der Waals surface area contributed by atoms with E-state index in [1.807, 2.05) is 48.8 Å². The normalized spacial score (nSPS) is 10.7. The van der Waals surface area contributed by atoms with Crippen LogP contribution < -0.4 is 4.74 Å². The van der Waals surface area contributed by atoms with Crippen molar-refractivity contribution in [1.82, 2.24) is 9.97 Å². The summed E-state index contributed by atoms with van der Waals surface area (Å²) in [5.41, 5.74) is 3.07. The van der Waals surface area contributed by atoms with Gasteiger partial charge in [-0.2, -0.15) is 0 Å². The second-order valence-corrected chi connectivity index (χ2v) is 6.73. The van der Waals surface area contributed by atoms with E-state index in [9.17, 15) is 0 Å². The summed E-state index contributed by atoms with van der Waals surface area (Å²) in [6.07, 6.45) is 11.4. The van der Waals surface area contributed by atoms with Crippen LogP contribution >= 0.6 is 0 Å². The molecule has 0 atom stereocenters. The molecule has 0 aliphatic rings. The zero-order chi connectivity index (χ0) is 18.7. The van der Waals surface area contributed by atoms with Gasteiger partial charge < -0.3 is 4.74 Å². The second kappa shape index (κ2) is 10.5. The molecule has 0 bridgehead atoms. The lowest BCUT2D eigenvalue weighted by atomic mass is 10.1. The number of rotatable bonds is 10. The largest absolute Gasteiger partial charge is 0.494 e. The Balaban J connectivity index is 1.50. The number of ether oxygens (including phenoxy) is 1. The van der Waals surface area contributed by atoms with Crippen molar-refractivity contribution in [3.8, 4) is 28.3 Å². The summed E-state index contributed by atoms with van der Waals surface area (Å²) in [7, 11) is 0. The Labute approximate surface area is 162 Å². The van der Waals surface area contributed by atoms with E-state index in [1.54, 1.807) is 0 Å². The van der Waals surface area contributed by atoms with Crippen molar-refractivity contribution in [2.75, 3.05) is 6.61 Å². The molecule has 3 nitrogen and oxygen atoms in total. The first kappa shape index (κ1) is 19.1. The lowest BCUT2D eigenvalue weighted by molar-refractivity contribution is 0.304. The van der Waals surface area contributed by atoms with E-state index in [2.05, 4.69) is 35.1 Å². The third kappa shape index (κ3) is 5.92. The molecule has 139 valence electrons. The van der Waals surface area contributed by atoms with E-state index < -0.39 is 0 Å². The van der Waals surface area contributed by atoms with Crippen LogP contribution in [0.25, 0.3) is 22.5 Å². The van der Waals surface area contributed by atoms with Crippen LogP contribution in [0.15, 0.2) is 60.9 Å². The van der Waals surface area contributed by atoms with Gasteiger partial charge in [0.15, 0.2) is 5.82 Å². The van der Waals surface area contributed by atoms with Crippen molar-refractivity contribution in [2.24, 2.45) is 0 Å². The first-order valence-corrected chi connectivity index (χ1v) is 9.88. The van der Waals surface area contributed by atoms with Crippen molar-refractivity contribution in [3.05, 3.63) is 67.0 Å². The van der Waals surface area contributed by atoms with E-state index >= 15 is 0 Å². The first-order valence-electron chi connectivity index (χ1n) is 9.88. The van der Waals surface area contributed by atoms with Gasteiger partial charge in [-0.3, -0.25) is 0 Å². The van der Waals surface area contributed by atoms with Gasteiger partial charge in [0, 0.05) is 23.5 Å². The van der Waals surface area contributed by atoms with Gasteiger partial charge in [-0.15, -0.1) is 0 Å². The maximum Gasteiger partial charge on any atom is 0.159 e. The molecular weight excluding hydrogens is 332 g/mol. The number of hydrogen-bond donors (Lipinski definition) is 0. The number of aromatic nitrogens is 2. The Bertz CT molecular complexity index is 783. The number of nitrogens with zero attached hydrogens (tertiary/aromatic N) is 2. The number of hydrogen-bond acceptors (Lipinski definition) is 3. The lowest BCUT2D eigenvalue weighted by Gasteiger charge is -2.08. The molecule has 0 saturated carbocycles. The highest BCUT2D eigenvalue weighted by molar-refractivity contribution is 5.64. The molecule has 1 heterocycles. The molecule has 0 fully saturated rings. The summed E-state index contributed by atoms with van der Waals surface area (Å²) in [6, 6.07) is 18.9. The molecule has 0 saturated heterocycles. The highest BCUT2D eigenvalue weighted by Gasteiger charge is 2.03. The summed E-state index contributed by atoms with van der Waals surface area (Å²) in [5, 5.41) is 0. The molecule has 27 heavy (non-hydrogen) atoms. The van der Waals surface area contributed by atoms with Gasteiger partial charge in [0.25, 0.3) is 0 Å². The average molecular weight is 359 g/mol. The topological polar surface area (TPSA) is 35.0 Å². The molecule has 0 unspecified atom stereocenters. The van der Waals surface area contributed by atoms with E-state index in [1.165, 1.54) is 32.1 Å². The van der Waals surface area contributed by atoms with Crippen LogP contribution in [-0.4, -0.2) is 16.6 Å². The quantitative estimate of drug-likeness (QED) is 0.396. The monoisotopic (exact) mass is 359 g/mol. The van der Waals surface area contributed by atoms with Gasteiger partial charge in [0.05, 0.1) is 6.61 Å². The molecule has 3 aromatic rings. The fourth-order valence-corrected chi connectivity index (χ4v) is 2.97.